The first-order valence-electron chi connectivity index (χ1n) is 7.70. The molecule has 1 aromatic carbocycles. The highest BCUT2D eigenvalue weighted by Gasteiger charge is 2.32. The first-order valence-corrected chi connectivity index (χ1v) is 7.70. The Hall–Kier alpha value is -1.81. The van der Waals surface area contributed by atoms with Gasteiger partial charge in [-0.05, 0) is 45.0 Å². The molecule has 112 valence electrons. The van der Waals surface area contributed by atoms with E-state index in [9.17, 15) is 0 Å². The molecule has 1 aliphatic rings. The fourth-order valence-electron chi connectivity index (χ4n) is 3.10. The van der Waals surface area contributed by atoms with E-state index in [0.717, 1.165) is 37.4 Å². The summed E-state index contributed by atoms with van der Waals surface area (Å²) in [6.45, 7) is 7.15. The van der Waals surface area contributed by atoms with Crippen molar-refractivity contribution in [3.63, 3.8) is 0 Å². The maximum Gasteiger partial charge on any atom is 0.143 e. The molecule has 4 heteroatoms. The van der Waals surface area contributed by atoms with E-state index in [4.69, 9.17) is 4.74 Å². The van der Waals surface area contributed by atoms with E-state index in [1.807, 2.05) is 37.6 Å². The average molecular weight is 285 g/mol. The molecule has 0 bridgehead atoms. The van der Waals surface area contributed by atoms with Crippen molar-refractivity contribution in [1.82, 2.24) is 14.9 Å². The van der Waals surface area contributed by atoms with Gasteiger partial charge in [-0.3, -0.25) is 4.57 Å². The Morgan fingerprint density at radius 3 is 2.81 bits per heavy atom. The molecule has 4 nitrogen and oxygen atoms in total. The molecular weight excluding hydrogens is 262 g/mol. The van der Waals surface area contributed by atoms with Gasteiger partial charge in [0.15, 0.2) is 0 Å². The van der Waals surface area contributed by atoms with Gasteiger partial charge in [0.1, 0.15) is 5.75 Å². The summed E-state index contributed by atoms with van der Waals surface area (Å²) in [7, 11) is 0. The summed E-state index contributed by atoms with van der Waals surface area (Å²) >= 11 is 0. The van der Waals surface area contributed by atoms with Crippen LogP contribution in [-0.2, 0) is 5.41 Å². The highest BCUT2D eigenvalue weighted by Crippen LogP contribution is 2.35. The fraction of sp³-hybridized carbons (Fsp3) is 0.471. The lowest BCUT2D eigenvalue weighted by atomic mass is 9.78. The summed E-state index contributed by atoms with van der Waals surface area (Å²) in [6.07, 6.45) is 6.18. The van der Waals surface area contributed by atoms with Crippen LogP contribution < -0.4 is 10.1 Å². The molecule has 1 N–H and O–H groups in total. The van der Waals surface area contributed by atoms with Crippen LogP contribution in [0.2, 0.25) is 0 Å². The Kier molecular flexibility index (Phi) is 3.97. The van der Waals surface area contributed by atoms with Gasteiger partial charge in [0.25, 0.3) is 0 Å². The second-order valence-corrected chi connectivity index (χ2v) is 5.86. The third kappa shape index (κ3) is 2.68. The van der Waals surface area contributed by atoms with Gasteiger partial charge < -0.3 is 10.1 Å². The lowest BCUT2D eigenvalue weighted by Crippen LogP contribution is -2.38. The van der Waals surface area contributed by atoms with E-state index < -0.39 is 0 Å². The quantitative estimate of drug-likeness (QED) is 0.939. The number of benzene rings is 1. The number of hydrogen-bond acceptors (Lipinski definition) is 3. The van der Waals surface area contributed by atoms with Crippen LogP contribution in [0.25, 0.3) is 5.69 Å². The predicted octanol–water partition coefficient (Wildman–Crippen LogP) is 2.91. The standard InChI is InChI=1S/C17H23N3O/c1-3-21-15-7-5-4-6-14(15)20-13-19-12-16(20)17(2)8-10-18-11-9-17/h4-7,12-13,18H,3,8-11H2,1-2H3. The van der Waals surface area contributed by atoms with Gasteiger partial charge in [-0.1, -0.05) is 19.1 Å². The number of imidazole rings is 1. The summed E-state index contributed by atoms with van der Waals surface area (Å²) in [4.78, 5) is 4.41. The summed E-state index contributed by atoms with van der Waals surface area (Å²) < 4.78 is 7.97. The van der Waals surface area contributed by atoms with Crippen molar-refractivity contribution in [2.45, 2.75) is 32.1 Å². The second kappa shape index (κ2) is 5.90. The number of hydrogen-bond donors (Lipinski definition) is 1. The molecule has 1 aliphatic heterocycles. The van der Waals surface area contributed by atoms with Gasteiger partial charge in [-0.15, -0.1) is 0 Å². The fourth-order valence-corrected chi connectivity index (χ4v) is 3.10. The molecule has 3 rings (SSSR count). The van der Waals surface area contributed by atoms with Crippen molar-refractivity contribution >= 4 is 0 Å². The Labute approximate surface area is 126 Å². The third-order valence-electron chi connectivity index (χ3n) is 4.39. The predicted molar refractivity (Wildman–Crippen MR) is 84.2 cm³/mol. The summed E-state index contributed by atoms with van der Waals surface area (Å²) in [5.74, 6) is 0.914. The smallest absolute Gasteiger partial charge is 0.143 e. The van der Waals surface area contributed by atoms with Gasteiger partial charge >= 0.3 is 0 Å². The number of para-hydroxylation sites is 2. The molecule has 0 unspecified atom stereocenters. The van der Waals surface area contributed by atoms with E-state index in [1.54, 1.807) is 0 Å². The minimum atomic E-state index is 0.168. The lowest BCUT2D eigenvalue weighted by Gasteiger charge is -2.34. The average Bonchev–Trinajstić information content (AvgIpc) is 2.99. The molecule has 2 aromatic rings. The zero-order chi connectivity index (χ0) is 14.7. The Morgan fingerprint density at radius 2 is 2.05 bits per heavy atom. The van der Waals surface area contributed by atoms with Gasteiger partial charge in [-0.25, -0.2) is 4.98 Å². The molecule has 21 heavy (non-hydrogen) atoms. The SMILES string of the molecule is CCOc1ccccc1-n1cncc1C1(C)CCNCC1. The topological polar surface area (TPSA) is 39.1 Å². The van der Waals surface area contributed by atoms with Gasteiger partial charge in [0.05, 0.1) is 18.6 Å². The Balaban J connectivity index is 2.03. The van der Waals surface area contributed by atoms with Gasteiger partial charge in [0, 0.05) is 17.3 Å². The largest absolute Gasteiger partial charge is 0.492 e. The zero-order valence-corrected chi connectivity index (χ0v) is 12.8. The minimum Gasteiger partial charge on any atom is -0.492 e. The molecule has 1 saturated heterocycles. The molecule has 0 amide bonds. The highest BCUT2D eigenvalue weighted by molar-refractivity contribution is 5.48. The van der Waals surface area contributed by atoms with Crippen molar-refractivity contribution in [3.8, 4) is 11.4 Å². The molecular formula is C17H23N3O. The van der Waals surface area contributed by atoms with Gasteiger partial charge in [-0.2, -0.15) is 0 Å². The van der Waals surface area contributed by atoms with Crippen LogP contribution in [-0.4, -0.2) is 29.2 Å². The zero-order valence-electron chi connectivity index (χ0n) is 12.8. The number of piperidine rings is 1. The second-order valence-electron chi connectivity index (χ2n) is 5.86. The molecule has 1 fully saturated rings. The molecule has 0 spiro atoms. The maximum absolute atomic E-state index is 5.78. The number of nitrogens with zero attached hydrogens (tertiary/aromatic N) is 2. The van der Waals surface area contributed by atoms with Crippen LogP contribution in [0.15, 0.2) is 36.8 Å². The lowest BCUT2D eigenvalue weighted by molar-refractivity contribution is 0.320. The Morgan fingerprint density at radius 1 is 1.29 bits per heavy atom. The monoisotopic (exact) mass is 285 g/mol. The summed E-state index contributed by atoms with van der Waals surface area (Å²) in [6, 6.07) is 8.18. The highest BCUT2D eigenvalue weighted by atomic mass is 16.5. The number of rotatable bonds is 4. The maximum atomic E-state index is 5.78. The molecule has 0 radical (unpaired) electrons. The van der Waals surface area contributed by atoms with Crippen molar-refractivity contribution < 1.29 is 4.74 Å². The molecule has 1 aromatic heterocycles. The third-order valence-corrected chi connectivity index (χ3v) is 4.39. The van der Waals surface area contributed by atoms with Gasteiger partial charge in [0.2, 0.25) is 0 Å². The normalized spacial score (nSPS) is 17.6. The number of nitrogens with one attached hydrogen (secondary N) is 1. The van der Waals surface area contributed by atoms with Crippen LogP contribution in [0.3, 0.4) is 0 Å². The summed E-state index contributed by atoms with van der Waals surface area (Å²) in [5.41, 5.74) is 2.52. The van der Waals surface area contributed by atoms with Crippen molar-refractivity contribution in [2.75, 3.05) is 19.7 Å². The van der Waals surface area contributed by atoms with Crippen LogP contribution in [0.5, 0.6) is 5.75 Å². The number of ether oxygens (including phenoxy) is 1. The molecule has 0 saturated carbocycles. The molecule has 0 atom stereocenters. The minimum absolute atomic E-state index is 0.168. The first kappa shape index (κ1) is 14.1. The van der Waals surface area contributed by atoms with E-state index in [-0.39, 0.29) is 5.41 Å². The van der Waals surface area contributed by atoms with Crippen molar-refractivity contribution in [2.24, 2.45) is 0 Å². The van der Waals surface area contributed by atoms with E-state index in [1.165, 1.54) is 5.69 Å². The van der Waals surface area contributed by atoms with Crippen molar-refractivity contribution in [1.29, 1.82) is 0 Å². The molecule has 0 aliphatic carbocycles. The van der Waals surface area contributed by atoms with Crippen LogP contribution in [0.4, 0.5) is 0 Å². The first-order chi connectivity index (χ1) is 10.2. The molecule has 2 heterocycles. The van der Waals surface area contributed by atoms with Crippen LogP contribution in [0, 0.1) is 0 Å². The number of aromatic nitrogens is 2. The summed E-state index contributed by atoms with van der Waals surface area (Å²) in [5, 5.41) is 3.44. The van der Waals surface area contributed by atoms with Crippen LogP contribution in [0.1, 0.15) is 32.4 Å². The van der Waals surface area contributed by atoms with Crippen LogP contribution >= 0.6 is 0 Å². The Bertz CT molecular complexity index is 600. The van der Waals surface area contributed by atoms with E-state index in [2.05, 4.69) is 27.9 Å². The van der Waals surface area contributed by atoms with E-state index >= 15 is 0 Å². The van der Waals surface area contributed by atoms with Crippen molar-refractivity contribution in [3.05, 3.63) is 42.5 Å². The van der Waals surface area contributed by atoms with E-state index in [0.29, 0.717) is 6.61 Å².